The van der Waals surface area contributed by atoms with Gasteiger partial charge in [-0.3, -0.25) is 4.79 Å². The molecule has 30 heavy (non-hydrogen) atoms. The Hall–Kier alpha value is -3.65. The summed E-state index contributed by atoms with van der Waals surface area (Å²) in [5.74, 6) is -0.106. The lowest BCUT2D eigenvalue weighted by molar-refractivity contribution is -0.111. The molecule has 0 spiro atoms. The van der Waals surface area contributed by atoms with E-state index in [9.17, 15) is 14.0 Å². The molecule has 0 unspecified atom stereocenters. The summed E-state index contributed by atoms with van der Waals surface area (Å²) in [4.78, 5) is 24.8. The number of thiophene rings is 1. The van der Waals surface area contributed by atoms with Crippen molar-refractivity contribution in [2.24, 2.45) is 0 Å². The number of esters is 1. The van der Waals surface area contributed by atoms with Crippen LogP contribution in [0.15, 0.2) is 53.9 Å². The predicted octanol–water partition coefficient (Wildman–Crippen LogP) is 4.72. The van der Waals surface area contributed by atoms with E-state index in [0.717, 1.165) is 5.56 Å². The number of rotatable bonds is 5. The van der Waals surface area contributed by atoms with Gasteiger partial charge in [-0.2, -0.15) is 0 Å². The number of benzene rings is 2. The third kappa shape index (κ3) is 4.04. The summed E-state index contributed by atoms with van der Waals surface area (Å²) in [5.41, 5.74) is 2.19. The van der Waals surface area contributed by atoms with Gasteiger partial charge in [0.25, 0.3) is 0 Å². The molecular weight excluding hydrogens is 409 g/mol. The van der Waals surface area contributed by atoms with Crippen LogP contribution in [0.3, 0.4) is 0 Å². The van der Waals surface area contributed by atoms with Gasteiger partial charge in [0.15, 0.2) is 11.5 Å². The van der Waals surface area contributed by atoms with Crippen LogP contribution in [0.2, 0.25) is 0 Å². The molecule has 1 aliphatic rings. The second kappa shape index (κ2) is 8.38. The minimum Gasteiger partial charge on any atom is -0.465 e. The van der Waals surface area contributed by atoms with Crippen molar-refractivity contribution in [2.75, 3.05) is 19.2 Å². The molecule has 1 N–H and O–H groups in total. The standard InChI is InChI=1S/C22H16FNO5S/c1-27-22(26)20-16(14-4-6-15(23)7-5-14)11-30-21(20)24-19(25)9-3-13-2-8-17-18(10-13)29-12-28-17/h2-11H,12H2,1H3,(H,24,25)/b9-3+. The van der Waals surface area contributed by atoms with Gasteiger partial charge < -0.3 is 19.5 Å². The molecule has 152 valence electrons. The van der Waals surface area contributed by atoms with Gasteiger partial charge in [0.2, 0.25) is 12.7 Å². The van der Waals surface area contributed by atoms with Gasteiger partial charge in [0.1, 0.15) is 16.4 Å². The maximum absolute atomic E-state index is 13.2. The molecule has 1 amide bonds. The lowest BCUT2D eigenvalue weighted by Gasteiger charge is -2.06. The highest BCUT2D eigenvalue weighted by molar-refractivity contribution is 7.15. The fraction of sp³-hybridized carbons (Fsp3) is 0.0909. The van der Waals surface area contributed by atoms with Crippen molar-refractivity contribution in [2.45, 2.75) is 0 Å². The van der Waals surface area contributed by atoms with Crippen LogP contribution in [0.25, 0.3) is 17.2 Å². The largest absolute Gasteiger partial charge is 0.465 e. The number of ether oxygens (including phenoxy) is 3. The molecule has 0 fully saturated rings. The SMILES string of the molecule is COC(=O)c1c(-c2ccc(F)cc2)csc1NC(=O)/C=C/c1ccc2c(c1)OCO2. The van der Waals surface area contributed by atoms with Gasteiger partial charge in [-0.05, 0) is 41.5 Å². The number of halogens is 1. The average Bonchev–Trinajstić information content (AvgIpc) is 3.39. The third-order valence-electron chi connectivity index (χ3n) is 4.40. The Morgan fingerprint density at radius 1 is 1.13 bits per heavy atom. The molecule has 3 aromatic rings. The van der Waals surface area contributed by atoms with E-state index < -0.39 is 11.9 Å². The van der Waals surface area contributed by atoms with E-state index in [2.05, 4.69) is 5.32 Å². The van der Waals surface area contributed by atoms with Crippen LogP contribution in [0.1, 0.15) is 15.9 Å². The van der Waals surface area contributed by atoms with Gasteiger partial charge in [-0.1, -0.05) is 18.2 Å². The number of fused-ring (bicyclic) bond motifs is 1. The molecule has 2 aromatic carbocycles. The topological polar surface area (TPSA) is 73.9 Å². The molecule has 1 aliphatic heterocycles. The molecule has 0 bridgehead atoms. The quantitative estimate of drug-likeness (QED) is 0.473. The Kier molecular flexibility index (Phi) is 5.49. The van der Waals surface area contributed by atoms with Crippen LogP contribution in [0, 0.1) is 5.82 Å². The second-order valence-corrected chi connectivity index (χ2v) is 7.17. The molecular formula is C22H16FNO5S. The number of nitrogens with one attached hydrogen (secondary N) is 1. The Bertz CT molecular complexity index is 1140. The first-order chi connectivity index (χ1) is 14.5. The van der Waals surface area contributed by atoms with Crippen LogP contribution >= 0.6 is 11.3 Å². The number of methoxy groups -OCH3 is 1. The number of carbonyl (C=O) groups is 2. The Balaban J connectivity index is 1.55. The summed E-state index contributed by atoms with van der Waals surface area (Å²) < 4.78 is 28.7. The minimum atomic E-state index is -0.592. The first-order valence-electron chi connectivity index (χ1n) is 8.89. The molecule has 6 nitrogen and oxygen atoms in total. The fourth-order valence-corrected chi connectivity index (χ4v) is 3.90. The zero-order valence-corrected chi connectivity index (χ0v) is 16.6. The highest BCUT2D eigenvalue weighted by Gasteiger charge is 2.22. The summed E-state index contributed by atoms with van der Waals surface area (Å²) in [6.07, 6.45) is 2.99. The van der Waals surface area contributed by atoms with Crippen molar-refractivity contribution < 1.29 is 28.2 Å². The second-order valence-electron chi connectivity index (χ2n) is 6.29. The lowest BCUT2D eigenvalue weighted by Crippen LogP contribution is -2.11. The minimum absolute atomic E-state index is 0.175. The van der Waals surface area contributed by atoms with E-state index in [0.29, 0.717) is 27.6 Å². The smallest absolute Gasteiger partial charge is 0.341 e. The Morgan fingerprint density at radius 3 is 2.67 bits per heavy atom. The lowest BCUT2D eigenvalue weighted by atomic mass is 10.0. The summed E-state index contributed by atoms with van der Waals surface area (Å²) in [6, 6.07) is 11.1. The van der Waals surface area contributed by atoms with E-state index in [-0.39, 0.29) is 18.2 Å². The summed E-state index contributed by atoms with van der Waals surface area (Å²) in [6.45, 7) is 0.175. The van der Waals surface area contributed by atoms with Crippen molar-refractivity contribution >= 4 is 34.3 Å². The molecule has 1 aromatic heterocycles. The maximum atomic E-state index is 13.2. The fourth-order valence-electron chi connectivity index (χ4n) is 2.94. The van der Waals surface area contributed by atoms with Gasteiger partial charge in [0, 0.05) is 17.0 Å². The normalized spacial score (nSPS) is 12.2. The average molecular weight is 425 g/mol. The Morgan fingerprint density at radius 2 is 1.90 bits per heavy atom. The van der Waals surface area contributed by atoms with Crippen LogP contribution in [-0.4, -0.2) is 25.8 Å². The number of hydrogen-bond donors (Lipinski definition) is 1. The van der Waals surface area contributed by atoms with Crippen LogP contribution in [0.4, 0.5) is 9.39 Å². The first-order valence-corrected chi connectivity index (χ1v) is 9.77. The maximum Gasteiger partial charge on any atom is 0.341 e. The van der Waals surface area contributed by atoms with E-state index in [4.69, 9.17) is 14.2 Å². The zero-order chi connectivity index (χ0) is 21.1. The van der Waals surface area contributed by atoms with Gasteiger partial charge >= 0.3 is 5.97 Å². The van der Waals surface area contributed by atoms with Crippen molar-refractivity contribution in [3.8, 4) is 22.6 Å². The van der Waals surface area contributed by atoms with E-state index >= 15 is 0 Å². The number of hydrogen-bond acceptors (Lipinski definition) is 6. The summed E-state index contributed by atoms with van der Waals surface area (Å²) in [7, 11) is 1.26. The van der Waals surface area contributed by atoms with E-state index in [1.54, 1.807) is 41.8 Å². The van der Waals surface area contributed by atoms with Crippen LogP contribution < -0.4 is 14.8 Å². The first kappa shape index (κ1) is 19.7. The highest BCUT2D eigenvalue weighted by atomic mass is 32.1. The highest BCUT2D eigenvalue weighted by Crippen LogP contribution is 2.36. The molecule has 0 atom stereocenters. The number of amides is 1. The summed E-state index contributed by atoms with van der Waals surface area (Å²) >= 11 is 1.19. The van der Waals surface area contributed by atoms with Crippen LogP contribution in [0.5, 0.6) is 11.5 Å². The van der Waals surface area contributed by atoms with Gasteiger partial charge in [-0.25, -0.2) is 9.18 Å². The molecule has 0 radical (unpaired) electrons. The monoisotopic (exact) mass is 425 g/mol. The van der Waals surface area contributed by atoms with Gasteiger partial charge in [-0.15, -0.1) is 11.3 Å². The Labute approximate surface area is 175 Å². The van der Waals surface area contributed by atoms with Crippen molar-refractivity contribution in [1.82, 2.24) is 0 Å². The van der Waals surface area contributed by atoms with Gasteiger partial charge in [0.05, 0.1) is 7.11 Å². The molecule has 0 saturated heterocycles. The third-order valence-corrected chi connectivity index (χ3v) is 5.29. The van der Waals surface area contributed by atoms with Crippen molar-refractivity contribution in [3.05, 3.63) is 70.9 Å². The predicted molar refractivity (Wildman–Crippen MR) is 111 cm³/mol. The summed E-state index contributed by atoms with van der Waals surface area (Å²) in [5, 5.41) is 4.78. The zero-order valence-electron chi connectivity index (χ0n) is 15.8. The molecule has 8 heteroatoms. The molecule has 0 saturated carbocycles. The molecule has 2 heterocycles. The van der Waals surface area contributed by atoms with Crippen molar-refractivity contribution in [3.63, 3.8) is 0 Å². The van der Waals surface area contributed by atoms with Crippen molar-refractivity contribution in [1.29, 1.82) is 0 Å². The van der Waals surface area contributed by atoms with E-state index in [1.807, 2.05) is 0 Å². The number of anilines is 1. The van der Waals surface area contributed by atoms with Crippen LogP contribution in [-0.2, 0) is 9.53 Å². The number of carbonyl (C=O) groups excluding carboxylic acids is 2. The van der Waals surface area contributed by atoms with E-state index in [1.165, 1.54) is 36.7 Å². The molecule has 4 rings (SSSR count). The molecule has 0 aliphatic carbocycles.